The fourth-order valence-electron chi connectivity index (χ4n) is 2.67. The largest absolute Gasteiger partial charge is 0.493 e. The Morgan fingerprint density at radius 3 is 2.35 bits per heavy atom. The number of hydrogen-bond acceptors (Lipinski definition) is 4. The lowest BCUT2D eigenvalue weighted by atomic mass is 9.88. The molecule has 2 rings (SSSR count). The molecular formula is C16H24O4. The molecule has 0 aromatic heterocycles. The number of ether oxygens (including phenoxy) is 3. The molecule has 1 N–H and O–H groups in total. The third-order valence-corrected chi connectivity index (χ3v) is 3.99. The average molecular weight is 280 g/mol. The van der Waals surface area contributed by atoms with Crippen LogP contribution >= 0.6 is 0 Å². The molecule has 0 bridgehead atoms. The smallest absolute Gasteiger partial charge is 0.161 e. The van der Waals surface area contributed by atoms with Gasteiger partial charge < -0.3 is 19.3 Å². The van der Waals surface area contributed by atoms with Gasteiger partial charge in [0.1, 0.15) is 0 Å². The van der Waals surface area contributed by atoms with Crippen LogP contribution in [0.15, 0.2) is 18.2 Å². The van der Waals surface area contributed by atoms with Crippen molar-refractivity contribution in [3.05, 3.63) is 23.8 Å². The Morgan fingerprint density at radius 1 is 1.05 bits per heavy atom. The third-order valence-electron chi connectivity index (χ3n) is 3.99. The lowest BCUT2D eigenvalue weighted by Crippen LogP contribution is -2.23. The Morgan fingerprint density at radius 2 is 1.75 bits per heavy atom. The summed E-state index contributed by atoms with van der Waals surface area (Å²) in [5.41, 5.74) is 1.09. The molecule has 4 nitrogen and oxygen atoms in total. The van der Waals surface area contributed by atoms with Gasteiger partial charge in [-0.15, -0.1) is 0 Å². The molecule has 0 radical (unpaired) electrons. The second kappa shape index (κ2) is 7.50. The number of hydrogen-bond donors (Lipinski definition) is 1. The van der Waals surface area contributed by atoms with Crippen LogP contribution in [0.25, 0.3) is 0 Å². The van der Waals surface area contributed by atoms with Crippen LogP contribution in [0.3, 0.4) is 0 Å². The Kier molecular flexibility index (Phi) is 5.68. The minimum atomic E-state index is 0.308. The maximum atomic E-state index is 9.13. The standard InChI is InChI=1S/C16H24O4/c1-18-15-8-5-13(9-16(15)19-2)11-20-14-6-3-12(10-17)4-7-14/h5,8-9,12,14,17H,3-4,6-7,10-11H2,1-2H3. The molecule has 1 fully saturated rings. The van der Waals surface area contributed by atoms with Crippen molar-refractivity contribution < 1.29 is 19.3 Å². The van der Waals surface area contributed by atoms with Gasteiger partial charge in [-0.25, -0.2) is 0 Å². The van der Waals surface area contributed by atoms with E-state index < -0.39 is 0 Å². The molecule has 1 aromatic rings. The summed E-state index contributed by atoms with van der Waals surface area (Å²) < 4.78 is 16.5. The number of methoxy groups -OCH3 is 2. The summed E-state index contributed by atoms with van der Waals surface area (Å²) in [7, 11) is 3.27. The first-order chi connectivity index (χ1) is 9.76. The minimum Gasteiger partial charge on any atom is -0.493 e. The summed E-state index contributed by atoms with van der Waals surface area (Å²) in [6, 6.07) is 5.86. The second-order valence-corrected chi connectivity index (χ2v) is 5.33. The van der Waals surface area contributed by atoms with Crippen molar-refractivity contribution in [3.8, 4) is 11.5 Å². The van der Waals surface area contributed by atoms with Crippen LogP contribution in [0.5, 0.6) is 11.5 Å². The third kappa shape index (κ3) is 3.87. The molecule has 20 heavy (non-hydrogen) atoms. The molecule has 0 atom stereocenters. The van der Waals surface area contributed by atoms with Crippen LogP contribution in [0.4, 0.5) is 0 Å². The molecule has 1 aliphatic rings. The Balaban J connectivity index is 1.85. The van der Waals surface area contributed by atoms with Gasteiger partial charge >= 0.3 is 0 Å². The number of aliphatic hydroxyl groups excluding tert-OH is 1. The zero-order valence-electron chi connectivity index (χ0n) is 12.3. The van der Waals surface area contributed by atoms with Gasteiger partial charge in [-0.3, -0.25) is 0 Å². The molecule has 1 aliphatic carbocycles. The van der Waals surface area contributed by atoms with Gasteiger partial charge in [0.15, 0.2) is 11.5 Å². The highest BCUT2D eigenvalue weighted by Gasteiger charge is 2.21. The van der Waals surface area contributed by atoms with E-state index in [0.717, 1.165) is 42.7 Å². The summed E-state index contributed by atoms with van der Waals surface area (Å²) in [5.74, 6) is 1.94. The SMILES string of the molecule is COc1ccc(COC2CCC(CO)CC2)cc1OC. The van der Waals surface area contributed by atoms with Crippen LogP contribution in [0, 0.1) is 5.92 Å². The highest BCUT2D eigenvalue weighted by molar-refractivity contribution is 5.42. The van der Waals surface area contributed by atoms with E-state index in [2.05, 4.69) is 0 Å². The molecule has 112 valence electrons. The van der Waals surface area contributed by atoms with E-state index in [1.807, 2.05) is 18.2 Å². The number of benzene rings is 1. The fourth-order valence-corrected chi connectivity index (χ4v) is 2.67. The van der Waals surface area contributed by atoms with E-state index in [-0.39, 0.29) is 0 Å². The van der Waals surface area contributed by atoms with Crippen LogP contribution < -0.4 is 9.47 Å². The van der Waals surface area contributed by atoms with Crippen LogP contribution in [-0.2, 0) is 11.3 Å². The van der Waals surface area contributed by atoms with Crippen molar-refractivity contribution in [2.75, 3.05) is 20.8 Å². The van der Waals surface area contributed by atoms with Crippen molar-refractivity contribution >= 4 is 0 Å². The molecule has 0 spiro atoms. The summed E-state index contributed by atoms with van der Waals surface area (Å²) >= 11 is 0. The predicted molar refractivity (Wildman–Crippen MR) is 77.2 cm³/mol. The summed E-state index contributed by atoms with van der Waals surface area (Å²) in [6.07, 6.45) is 4.52. The van der Waals surface area contributed by atoms with Gasteiger partial charge in [-0.2, -0.15) is 0 Å². The molecule has 1 saturated carbocycles. The van der Waals surface area contributed by atoms with Crippen LogP contribution in [0.1, 0.15) is 31.2 Å². The molecular weight excluding hydrogens is 256 g/mol. The van der Waals surface area contributed by atoms with E-state index in [4.69, 9.17) is 19.3 Å². The van der Waals surface area contributed by atoms with E-state index in [9.17, 15) is 0 Å². The molecule has 0 saturated heterocycles. The van der Waals surface area contributed by atoms with Crippen molar-refractivity contribution in [3.63, 3.8) is 0 Å². The number of aliphatic hydroxyl groups is 1. The van der Waals surface area contributed by atoms with Gasteiger partial charge in [-0.05, 0) is 49.3 Å². The Bertz CT molecular complexity index is 411. The predicted octanol–water partition coefficient (Wildman–Crippen LogP) is 2.77. The topological polar surface area (TPSA) is 47.9 Å². The van der Waals surface area contributed by atoms with Gasteiger partial charge in [0.2, 0.25) is 0 Å². The molecule has 0 amide bonds. The van der Waals surface area contributed by atoms with Crippen LogP contribution in [0.2, 0.25) is 0 Å². The van der Waals surface area contributed by atoms with Crippen molar-refractivity contribution in [1.82, 2.24) is 0 Å². The maximum absolute atomic E-state index is 9.13. The normalized spacial score (nSPS) is 22.6. The van der Waals surface area contributed by atoms with Gasteiger partial charge in [0, 0.05) is 6.61 Å². The Labute approximate surface area is 120 Å². The zero-order chi connectivity index (χ0) is 14.4. The quantitative estimate of drug-likeness (QED) is 0.870. The van der Waals surface area contributed by atoms with Crippen molar-refractivity contribution in [2.24, 2.45) is 5.92 Å². The molecule has 0 unspecified atom stereocenters. The highest BCUT2D eigenvalue weighted by atomic mass is 16.5. The fraction of sp³-hybridized carbons (Fsp3) is 0.625. The zero-order valence-corrected chi connectivity index (χ0v) is 12.3. The summed E-state index contributed by atoms with van der Waals surface area (Å²) in [5, 5.41) is 9.13. The second-order valence-electron chi connectivity index (χ2n) is 5.33. The maximum Gasteiger partial charge on any atom is 0.161 e. The van der Waals surface area contributed by atoms with Crippen molar-refractivity contribution in [2.45, 2.75) is 38.4 Å². The lowest BCUT2D eigenvalue weighted by molar-refractivity contribution is 0.00113. The van der Waals surface area contributed by atoms with Crippen LogP contribution in [-0.4, -0.2) is 32.0 Å². The molecule has 1 aromatic carbocycles. The van der Waals surface area contributed by atoms with Gasteiger partial charge in [0.05, 0.1) is 26.9 Å². The minimum absolute atomic E-state index is 0.308. The van der Waals surface area contributed by atoms with E-state index in [0.29, 0.717) is 25.2 Å². The first-order valence-electron chi connectivity index (χ1n) is 7.20. The molecule has 4 heteroatoms. The van der Waals surface area contributed by atoms with E-state index >= 15 is 0 Å². The first-order valence-corrected chi connectivity index (χ1v) is 7.20. The van der Waals surface area contributed by atoms with Crippen molar-refractivity contribution in [1.29, 1.82) is 0 Å². The monoisotopic (exact) mass is 280 g/mol. The average Bonchev–Trinajstić information content (AvgIpc) is 2.53. The summed E-state index contributed by atoms with van der Waals surface area (Å²) in [4.78, 5) is 0. The molecule has 0 heterocycles. The lowest BCUT2D eigenvalue weighted by Gasteiger charge is -2.27. The highest BCUT2D eigenvalue weighted by Crippen LogP contribution is 2.29. The van der Waals surface area contributed by atoms with Gasteiger partial charge in [0.25, 0.3) is 0 Å². The van der Waals surface area contributed by atoms with E-state index in [1.54, 1.807) is 14.2 Å². The van der Waals surface area contributed by atoms with E-state index in [1.165, 1.54) is 0 Å². The molecule has 0 aliphatic heterocycles. The number of rotatable bonds is 6. The summed E-state index contributed by atoms with van der Waals surface area (Å²) in [6.45, 7) is 0.900. The Hall–Kier alpha value is -1.26. The first kappa shape index (κ1) is 15.1. The van der Waals surface area contributed by atoms with Gasteiger partial charge in [-0.1, -0.05) is 6.07 Å².